The summed E-state index contributed by atoms with van der Waals surface area (Å²) in [6, 6.07) is 72.2. The number of allylic oxidation sites excluding steroid dienone is 1. The predicted molar refractivity (Wildman–Crippen MR) is 246 cm³/mol. The SMILES string of the molecule is C1=Cc2oc3c(ccc4c3c3ccccc3n4-c3ccc([Si](c4ccccc4)(c4ccccc4)c4cccc5c6ccccc6n(-c6ccccc6)c45)cc3)c2CC1. The molecule has 0 unspecified atom stereocenters. The molecule has 3 aromatic heterocycles. The fourth-order valence-electron chi connectivity index (χ4n) is 10.1. The quantitative estimate of drug-likeness (QED) is 0.122. The number of furan rings is 1. The van der Waals surface area contributed by atoms with Crippen molar-refractivity contribution < 1.29 is 4.42 Å². The highest BCUT2D eigenvalue weighted by atomic mass is 28.3. The van der Waals surface area contributed by atoms with Crippen LogP contribution in [-0.2, 0) is 6.42 Å². The lowest BCUT2D eigenvalue weighted by Gasteiger charge is -2.35. The van der Waals surface area contributed by atoms with E-state index in [1.807, 2.05) is 0 Å². The Morgan fingerprint density at radius 2 is 1.02 bits per heavy atom. The summed E-state index contributed by atoms with van der Waals surface area (Å²) < 4.78 is 11.6. The number of benzene rings is 8. The molecule has 11 aromatic rings. The molecule has 0 saturated heterocycles. The number of hydrogen-bond donors (Lipinski definition) is 0. The van der Waals surface area contributed by atoms with E-state index in [1.165, 1.54) is 69.8 Å². The minimum atomic E-state index is -3.00. The van der Waals surface area contributed by atoms with Gasteiger partial charge in [0.05, 0.1) is 27.5 Å². The maximum atomic E-state index is 6.67. The zero-order chi connectivity index (χ0) is 38.2. The molecule has 8 aromatic carbocycles. The van der Waals surface area contributed by atoms with Crippen LogP contribution in [0.5, 0.6) is 0 Å². The van der Waals surface area contributed by atoms with Crippen LogP contribution in [0.25, 0.3) is 72.0 Å². The maximum Gasteiger partial charge on any atom is 0.181 e. The van der Waals surface area contributed by atoms with Crippen LogP contribution < -0.4 is 20.7 Å². The summed E-state index contributed by atoms with van der Waals surface area (Å²) in [6.07, 6.45) is 6.44. The first kappa shape index (κ1) is 33.0. The van der Waals surface area contributed by atoms with Gasteiger partial charge in [0.15, 0.2) is 8.07 Å². The highest BCUT2D eigenvalue weighted by molar-refractivity contribution is 7.20. The smallest absolute Gasteiger partial charge is 0.181 e. The normalized spacial score (nSPS) is 13.0. The van der Waals surface area contributed by atoms with Gasteiger partial charge in [-0.3, -0.25) is 0 Å². The van der Waals surface area contributed by atoms with Crippen LogP contribution in [0.4, 0.5) is 0 Å². The molecule has 0 bridgehead atoms. The molecule has 1 aliphatic carbocycles. The summed E-state index contributed by atoms with van der Waals surface area (Å²) in [5.74, 6) is 0.999. The molecular formula is C54H38N2OSi. The highest BCUT2D eigenvalue weighted by Crippen LogP contribution is 2.41. The first-order valence-corrected chi connectivity index (χ1v) is 22.2. The third kappa shape index (κ3) is 4.67. The van der Waals surface area contributed by atoms with E-state index in [0.29, 0.717) is 0 Å². The van der Waals surface area contributed by atoms with Crippen molar-refractivity contribution in [3.63, 3.8) is 0 Å². The minimum Gasteiger partial charge on any atom is -0.456 e. The van der Waals surface area contributed by atoms with Crippen LogP contribution in [0.2, 0.25) is 0 Å². The van der Waals surface area contributed by atoms with Gasteiger partial charge in [0.2, 0.25) is 0 Å². The van der Waals surface area contributed by atoms with Crippen LogP contribution in [0, 0.1) is 0 Å². The summed E-state index contributed by atoms with van der Waals surface area (Å²) in [5.41, 5.74) is 9.41. The van der Waals surface area contributed by atoms with Gasteiger partial charge in [-0.2, -0.15) is 0 Å². The van der Waals surface area contributed by atoms with E-state index in [2.05, 4.69) is 215 Å². The van der Waals surface area contributed by atoms with E-state index in [1.54, 1.807) is 0 Å². The van der Waals surface area contributed by atoms with Crippen molar-refractivity contribution in [2.75, 3.05) is 0 Å². The summed E-state index contributed by atoms with van der Waals surface area (Å²) in [4.78, 5) is 0. The molecule has 0 radical (unpaired) electrons. The summed E-state index contributed by atoms with van der Waals surface area (Å²) in [6.45, 7) is 0. The molecule has 1 aliphatic rings. The Morgan fingerprint density at radius 3 is 1.74 bits per heavy atom. The van der Waals surface area contributed by atoms with Gasteiger partial charge in [-0.15, -0.1) is 0 Å². The Labute approximate surface area is 337 Å². The zero-order valence-electron chi connectivity index (χ0n) is 31.8. The third-order valence-electron chi connectivity index (χ3n) is 12.5. The van der Waals surface area contributed by atoms with E-state index in [9.17, 15) is 0 Å². The highest BCUT2D eigenvalue weighted by Gasteiger charge is 2.43. The average Bonchev–Trinajstić information content (AvgIpc) is 3.96. The van der Waals surface area contributed by atoms with Gasteiger partial charge in [0, 0.05) is 38.5 Å². The molecule has 0 spiro atoms. The maximum absolute atomic E-state index is 6.67. The summed E-state index contributed by atoms with van der Waals surface area (Å²) in [5, 5.41) is 11.5. The predicted octanol–water partition coefficient (Wildman–Crippen LogP) is 11.0. The fourth-order valence-corrected chi connectivity index (χ4v) is 15.1. The minimum absolute atomic E-state index is 0.988. The summed E-state index contributed by atoms with van der Waals surface area (Å²) in [7, 11) is -3.00. The fraction of sp³-hybridized carbons (Fsp3) is 0.0370. The second kappa shape index (κ2) is 13.0. The van der Waals surface area contributed by atoms with Crippen LogP contribution in [-0.4, -0.2) is 17.2 Å². The Bertz CT molecular complexity index is 3330. The number of fused-ring (bicyclic) bond motifs is 10. The molecular weight excluding hydrogens is 721 g/mol. The van der Waals surface area contributed by atoms with Crippen LogP contribution in [0.3, 0.4) is 0 Å². The molecule has 0 amide bonds. The van der Waals surface area contributed by atoms with Gasteiger partial charge in [0.1, 0.15) is 11.3 Å². The molecule has 0 N–H and O–H groups in total. The van der Waals surface area contributed by atoms with Crippen LogP contribution >= 0.6 is 0 Å². The first-order chi connectivity index (χ1) is 28.8. The largest absolute Gasteiger partial charge is 0.456 e. The third-order valence-corrected chi connectivity index (χ3v) is 17.4. The van der Waals surface area contributed by atoms with Crippen molar-refractivity contribution >= 4 is 89.5 Å². The molecule has 4 heteroatoms. The lowest BCUT2D eigenvalue weighted by molar-refractivity contribution is 0.598. The first-order valence-electron chi connectivity index (χ1n) is 20.2. The zero-order valence-corrected chi connectivity index (χ0v) is 32.8. The van der Waals surface area contributed by atoms with Crippen molar-refractivity contribution in [1.29, 1.82) is 0 Å². The van der Waals surface area contributed by atoms with E-state index in [4.69, 9.17) is 4.42 Å². The van der Waals surface area contributed by atoms with E-state index < -0.39 is 8.07 Å². The Hall–Kier alpha value is -7.14. The number of nitrogens with zero attached hydrogens (tertiary/aromatic N) is 2. The molecule has 58 heavy (non-hydrogen) atoms. The van der Waals surface area contributed by atoms with Crippen molar-refractivity contribution in [3.05, 3.63) is 212 Å². The van der Waals surface area contributed by atoms with Gasteiger partial charge in [-0.25, -0.2) is 0 Å². The molecule has 0 atom stereocenters. The van der Waals surface area contributed by atoms with E-state index in [0.717, 1.165) is 41.1 Å². The van der Waals surface area contributed by atoms with Gasteiger partial charge >= 0.3 is 0 Å². The molecule has 3 nitrogen and oxygen atoms in total. The molecule has 12 rings (SSSR count). The topological polar surface area (TPSA) is 23.0 Å². The van der Waals surface area contributed by atoms with Crippen molar-refractivity contribution in [2.45, 2.75) is 12.8 Å². The average molecular weight is 759 g/mol. The lowest BCUT2D eigenvalue weighted by atomic mass is 10.00. The van der Waals surface area contributed by atoms with Crippen LogP contribution in [0.1, 0.15) is 17.7 Å². The second-order valence-corrected chi connectivity index (χ2v) is 19.3. The number of aryl methyl sites for hydroxylation is 1. The van der Waals surface area contributed by atoms with Crippen molar-refractivity contribution in [1.82, 2.24) is 9.13 Å². The second-order valence-electron chi connectivity index (χ2n) is 15.5. The van der Waals surface area contributed by atoms with Crippen molar-refractivity contribution in [2.24, 2.45) is 0 Å². The molecule has 0 saturated carbocycles. The van der Waals surface area contributed by atoms with E-state index >= 15 is 0 Å². The van der Waals surface area contributed by atoms with Gasteiger partial charge in [-0.05, 0) is 88.2 Å². The number of para-hydroxylation sites is 4. The summed E-state index contributed by atoms with van der Waals surface area (Å²) >= 11 is 0. The van der Waals surface area contributed by atoms with Crippen LogP contribution in [0.15, 0.2) is 205 Å². The standard InChI is InChI=1S/C54H38N2OSi/c1-4-17-37(18-5-1)56-47-27-13-10-23-42(47)44-26-16-30-51(53(44)56)58(39-19-6-2-7-20-39,40-21-8-3-9-22-40)41-33-31-38(32-34-41)55-48-28-14-11-25-46(48)52-49(55)36-35-45-43-24-12-15-29-50(43)57-54(45)52/h1-11,13-23,25-36H,12,24H2. The Kier molecular flexibility index (Phi) is 7.38. The van der Waals surface area contributed by atoms with E-state index in [-0.39, 0.29) is 0 Å². The van der Waals surface area contributed by atoms with Gasteiger partial charge in [0.25, 0.3) is 0 Å². The Morgan fingerprint density at radius 1 is 0.431 bits per heavy atom. The number of aromatic nitrogens is 2. The molecule has 0 fully saturated rings. The Balaban J connectivity index is 1.15. The van der Waals surface area contributed by atoms with Gasteiger partial charge in [-0.1, -0.05) is 152 Å². The molecule has 0 aliphatic heterocycles. The monoisotopic (exact) mass is 758 g/mol. The number of rotatable bonds is 6. The van der Waals surface area contributed by atoms with Crippen molar-refractivity contribution in [3.8, 4) is 11.4 Å². The molecule has 274 valence electrons. The molecule has 3 heterocycles. The lowest BCUT2D eigenvalue weighted by Crippen LogP contribution is -2.75. The number of hydrogen-bond acceptors (Lipinski definition) is 1. The van der Waals surface area contributed by atoms with Gasteiger partial charge < -0.3 is 13.6 Å².